The van der Waals surface area contributed by atoms with Crippen LogP contribution in [0.3, 0.4) is 0 Å². The molecule has 0 unspecified atom stereocenters. The maximum Gasteiger partial charge on any atom is 0.270 e. The van der Waals surface area contributed by atoms with Crippen molar-refractivity contribution in [3.63, 3.8) is 0 Å². The number of thiazole rings is 1. The number of aromatic nitrogens is 1. The fraction of sp³-hybridized carbons (Fsp3) is 0.692. The van der Waals surface area contributed by atoms with Crippen LogP contribution in [0.15, 0.2) is 5.38 Å². The van der Waals surface area contributed by atoms with E-state index in [-0.39, 0.29) is 5.91 Å². The van der Waals surface area contributed by atoms with E-state index in [9.17, 15) is 4.79 Å². The third-order valence-electron chi connectivity index (χ3n) is 3.31. The van der Waals surface area contributed by atoms with Crippen LogP contribution in [-0.4, -0.2) is 36.2 Å². The molecule has 3 N–H and O–H groups in total. The zero-order valence-corrected chi connectivity index (χ0v) is 12.0. The minimum atomic E-state index is -0.126. The minimum Gasteiger partial charge on any atom is -0.376 e. The first-order valence-electron chi connectivity index (χ1n) is 6.72. The van der Waals surface area contributed by atoms with Gasteiger partial charge in [0.25, 0.3) is 5.91 Å². The molecule has 2 rings (SSSR count). The average Bonchev–Trinajstić information content (AvgIpc) is 2.83. The van der Waals surface area contributed by atoms with Crippen molar-refractivity contribution in [3.8, 4) is 0 Å². The number of nitrogens with zero attached hydrogens (tertiary/aromatic N) is 1. The number of ether oxygens (including phenoxy) is 1. The summed E-state index contributed by atoms with van der Waals surface area (Å²) < 4.78 is 5.73. The molecular formula is C13H21N3O2S. The summed E-state index contributed by atoms with van der Waals surface area (Å²) in [4.78, 5) is 15.9. The third kappa shape index (κ3) is 4.56. The third-order valence-corrected chi connectivity index (χ3v) is 4.09. The summed E-state index contributed by atoms with van der Waals surface area (Å²) >= 11 is 1.48. The van der Waals surface area contributed by atoms with Crippen LogP contribution < -0.4 is 11.1 Å². The van der Waals surface area contributed by atoms with Gasteiger partial charge < -0.3 is 15.8 Å². The molecule has 0 bridgehead atoms. The molecule has 0 spiro atoms. The number of nitrogens with one attached hydrogen (secondary N) is 1. The fourth-order valence-electron chi connectivity index (χ4n) is 2.20. The zero-order chi connectivity index (χ0) is 13.7. The SMILES string of the molecule is Cc1nc(C(=O)NCCOC2CCC(N)CC2)cs1. The van der Waals surface area contributed by atoms with Gasteiger partial charge in [-0.2, -0.15) is 0 Å². The van der Waals surface area contributed by atoms with Gasteiger partial charge in [-0.25, -0.2) is 4.98 Å². The van der Waals surface area contributed by atoms with E-state index in [0.29, 0.717) is 31.0 Å². The maximum atomic E-state index is 11.7. The first kappa shape index (κ1) is 14.4. The smallest absolute Gasteiger partial charge is 0.270 e. The summed E-state index contributed by atoms with van der Waals surface area (Å²) in [7, 11) is 0. The molecular weight excluding hydrogens is 262 g/mol. The van der Waals surface area contributed by atoms with Crippen molar-refractivity contribution in [1.82, 2.24) is 10.3 Å². The molecule has 1 aliphatic rings. The van der Waals surface area contributed by atoms with Crippen LogP contribution in [0.4, 0.5) is 0 Å². The molecule has 5 nitrogen and oxygen atoms in total. The van der Waals surface area contributed by atoms with Gasteiger partial charge in [-0.1, -0.05) is 0 Å². The summed E-state index contributed by atoms with van der Waals surface area (Å²) in [5.74, 6) is -0.126. The Balaban J connectivity index is 1.60. The molecule has 1 heterocycles. The number of aryl methyl sites for hydroxylation is 1. The number of rotatable bonds is 5. The Morgan fingerprint density at radius 1 is 1.53 bits per heavy atom. The number of carbonyl (C=O) groups is 1. The lowest BCUT2D eigenvalue weighted by molar-refractivity contribution is 0.0267. The van der Waals surface area contributed by atoms with E-state index in [4.69, 9.17) is 10.5 Å². The Morgan fingerprint density at radius 3 is 2.89 bits per heavy atom. The standard InChI is InChI=1S/C13H21N3O2S/c1-9-16-12(8-19-9)13(17)15-6-7-18-11-4-2-10(14)3-5-11/h8,10-11H,2-7,14H2,1H3,(H,15,17). The van der Waals surface area contributed by atoms with Crippen LogP contribution in [0, 0.1) is 6.92 Å². The van der Waals surface area contributed by atoms with Crippen LogP contribution in [0.5, 0.6) is 0 Å². The van der Waals surface area contributed by atoms with Gasteiger partial charge in [0, 0.05) is 18.0 Å². The van der Waals surface area contributed by atoms with E-state index in [1.54, 1.807) is 5.38 Å². The Labute approximate surface area is 117 Å². The molecule has 1 aromatic heterocycles. The second-order valence-corrected chi connectivity index (χ2v) is 5.98. The highest BCUT2D eigenvalue weighted by atomic mass is 32.1. The maximum absolute atomic E-state index is 11.7. The van der Waals surface area contributed by atoms with E-state index in [2.05, 4.69) is 10.3 Å². The van der Waals surface area contributed by atoms with Crippen LogP contribution in [-0.2, 0) is 4.74 Å². The number of hydrogen-bond acceptors (Lipinski definition) is 5. The monoisotopic (exact) mass is 283 g/mol. The molecule has 106 valence electrons. The Bertz CT molecular complexity index is 414. The second kappa shape index (κ2) is 6.98. The van der Waals surface area contributed by atoms with Gasteiger partial charge in [0.1, 0.15) is 5.69 Å². The van der Waals surface area contributed by atoms with Crippen LogP contribution in [0.25, 0.3) is 0 Å². The molecule has 1 aromatic rings. The molecule has 1 amide bonds. The van der Waals surface area contributed by atoms with E-state index in [1.807, 2.05) is 6.92 Å². The normalized spacial score (nSPS) is 23.3. The van der Waals surface area contributed by atoms with Crippen LogP contribution in [0.2, 0.25) is 0 Å². The highest BCUT2D eigenvalue weighted by Crippen LogP contribution is 2.19. The van der Waals surface area contributed by atoms with Gasteiger partial charge in [-0.05, 0) is 32.6 Å². The van der Waals surface area contributed by atoms with Gasteiger partial charge in [0.05, 0.1) is 17.7 Å². The van der Waals surface area contributed by atoms with E-state index < -0.39 is 0 Å². The van der Waals surface area contributed by atoms with Crippen molar-refractivity contribution >= 4 is 17.2 Å². The van der Waals surface area contributed by atoms with Crippen LogP contribution in [0.1, 0.15) is 41.2 Å². The summed E-state index contributed by atoms with van der Waals surface area (Å²) in [5.41, 5.74) is 6.33. The molecule has 1 fully saturated rings. The quantitative estimate of drug-likeness (QED) is 0.802. The average molecular weight is 283 g/mol. The summed E-state index contributed by atoms with van der Waals surface area (Å²) in [6.07, 6.45) is 4.43. The van der Waals surface area contributed by atoms with Crippen LogP contribution >= 0.6 is 11.3 Å². The van der Waals surface area contributed by atoms with Gasteiger partial charge in [-0.3, -0.25) is 4.79 Å². The fourth-order valence-corrected chi connectivity index (χ4v) is 2.80. The number of hydrogen-bond donors (Lipinski definition) is 2. The Kier molecular flexibility index (Phi) is 5.30. The summed E-state index contributed by atoms with van der Waals surface area (Å²) in [6, 6.07) is 0.340. The zero-order valence-electron chi connectivity index (χ0n) is 11.2. The van der Waals surface area contributed by atoms with Crippen molar-refractivity contribution in [1.29, 1.82) is 0 Å². The van der Waals surface area contributed by atoms with Gasteiger partial charge in [0.15, 0.2) is 0 Å². The van der Waals surface area contributed by atoms with E-state index in [0.717, 1.165) is 30.7 Å². The highest BCUT2D eigenvalue weighted by Gasteiger charge is 2.18. The lowest BCUT2D eigenvalue weighted by Gasteiger charge is -2.26. The molecule has 19 heavy (non-hydrogen) atoms. The van der Waals surface area contributed by atoms with E-state index in [1.165, 1.54) is 11.3 Å². The summed E-state index contributed by atoms with van der Waals surface area (Å²) in [6.45, 7) is 2.96. The molecule has 0 aliphatic heterocycles. The first-order valence-corrected chi connectivity index (χ1v) is 7.60. The first-order chi connectivity index (χ1) is 9.15. The molecule has 6 heteroatoms. The summed E-state index contributed by atoms with van der Waals surface area (Å²) in [5, 5.41) is 5.49. The molecule has 0 radical (unpaired) electrons. The number of amides is 1. The second-order valence-electron chi connectivity index (χ2n) is 4.92. The largest absolute Gasteiger partial charge is 0.376 e. The molecule has 0 aromatic carbocycles. The lowest BCUT2D eigenvalue weighted by atomic mass is 9.94. The molecule has 0 atom stereocenters. The minimum absolute atomic E-state index is 0.126. The number of carbonyl (C=O) groups excluding carboxylic acids is 1. The number of nitrogens with two attached hydrogens (primary N) is 1. The van der Waals surface area contributed by atoms with Gasteiger partial charge >= 0.3 is 0 Å². The predicted molar refractivity (Wildman–Crippen MR) is 75.4 cm³/mol. The Hall–Kier alpha value is -0.980. The van der Waals surface area contributed by atoms with Crippen molar-refractivity contribution in [2.24, 2.45) is 5.73 Å². The van der Waals surface area contributed by atoms with Crippen molar-refractivity contribution in [2.45, 2.75) is 44.8 Å². The molecule has 1 saturated carbocycles. The lowest BCUT2D eigenvalue weighted by Crippen LogP contribution is -2.33. The van der Waals surface area contributed by atoms with Crippen molar-refractivity contribution in [3.05, 3.63) is 16.1 Å². The topological polar surface area (TPSA) is 77.2 Å². The van der Waals surface area contributed by atoms with Gasteiger partial charge in [-0.15, -0.1) is 11.3 Å². The van der Waals surface area contributed by atoms with Gasteiger partial charge in [0.2, 0.25) is 0 Å². The van der Waals surface area contributed by atoms with Crippen molar-refractivity contribution < 1.29 is 9.53 Å². The molecule has 1 aliphatic carbocycles. The predicted octanol–water partition coefficient (Wildman–Crippen LogP) is 1.47. The highest BCUT2D eigenvalue weighted by molar-refractivity contribution is 7.09. The Morgan fingerprint density at radius 2 is 2.26 bits per heavy atom. The molecule has 0 saturated heterocycles. The van der Waals surface area contributed by atoms with Crippen molar-refractivity contribution in [2.75, 3.05) is 13.2 Å². The van der Waals surface area contributed by atoms with E-state index >= 15 is 0 Å².